The molecule has 4 aliphatic heterocycles. The van der Waals surface area contributed by atoms with E-state index >= 15 is 0 Å². The Bertz CT molecular complexity index is 1500. The molecule has 224 valence electrons. The van der Waals surface area contributed by atoms with Crippen molar-refractivity contribution < 1.29 is 28.3 Å². The topological polar surface area (TPSA) is 123 Å². The van der Waals surface area contributed by atoms with Crippen molar-refractivity contribution in [3.8, 4) is 11.8 Å². The molecule has 0 spiro atoms. The number of fused-ring (bicyclic) bond motifs is 1. The summed E-state index contributed by atoms with van der Waals surface area (Å²) >= 11 is 0. The van der Waals surface area contributed by atoms with Crippen LogP contribution in [0.3, 0.4) is 0 Å². The minimum absolute atomic E-state index is 0.0312. The third-order valence-electron chi connectivity index (χ3n) is 9.36. The third-order valence-corrected chi connectivity index (χ3v) is 9.36. The van der Waals surface area contributed by atoms with E-state index in [0.717, 1.165) is 24.9 Å². The third kappa shape index (κ3) is 5.36. The Labute approximate surface area is 249 Å². The predicted molar refractivity (Wildman–Crippen MR) is 152 cm³/mol. The number of nitrogens with one attached hydrogen (secondary N) is 1. The summed E-state index contributed by atoms with van der Waals surface area (Å²) in [6.07, 6.45) is 2.89. The lowest BCUT2D eigenvalue weighted by atomic mass is 9.73. The van der Waals surface area contributed by atoms with E-state index < -0.39 is 17.4 Å². The number of carbonyl (C=O) groups is 4. The number of amides is 4. The van der Waals surface area contributed by atoms with Crippen LogP contribution in [0.4, 0.5) is 4.39 Å². The van der Waals surface area contributed by atoms with Crippen LogP contribution in [0.25, 0.3) is 0 Å². The summed E-state index contributed by atoms with van der Waals surface area (Å²) in [7, 11) is 0. The largest absolute Gasteiger partial charge is 0.492 e. The number of rotatable bonds is 7. The second-order valence-electron chi connectivity index (χ2n) is 11.7. The van der Waals surface area contributed by atoms with Gasteiger partial charge in [0.05, 0.1) is 24.1 Å². The first-order chi connectivity index (χ1) is 20.8. The highest BCUT2D eigenvalue weighted by atomic mass is 19.1. The zero-order chi connectivity index (χ0) is 30.1. The second kappa shape index (κ2) is 11.8. The zero-order valence-electron chi connectivity index (χ0n) is 23.9. The first-order valence-corrected chi connectivity index (χ1v) is 14.9. The van der Waals surface area contributed by atoms with Crippen LogP contribution >= 0.6 is 0 Å². The van der Waals surface area contributed by atoms with Crippen molar-refractivity contribution >= 4 is 23.6 Å². The Morgan fingerprint density at radius 1 is 1.07 bits per heavy atom. The maximum atomic E-state index is 14.5. The molecule has 2 aromatic rings. The van der Waals surface area contributed by atoms with E-state index in [1.807, 2.05) is 0 Å². The highest BCUT2D eigenvalue weighted by Gasteiger charge is 2.43. The molecule has 3 fully saturated rings. The molecule has 3 saturated heterocycles. The van der Waals surface area contributed by atoms with Crippen LogP contribution in [-0.4, -0.2) is 83.2 Å². The smallest absolute Gasteiger partial charge is 0.255 e. The summed E-state index contributed by atoms with van der Waals surface area (Å²) in [6, 6.07) is 13.0. The molecule has 4 heterocycles. The van der Waals surface area contributed by atoms with Gasteiger partial charge in [0.25, 0.3) is 5.91 Å². The van der Waals surface area contributed by atoms with Gasteiger partial charge >= 0.3 is 0 Å². The predicted octanol–water partition coefficient (Wildman–Crippen LogP) is 2.51. The van der Waals surface area contributed by atoms with Crippen LogP contribution in [0.15, 0.2) is 42.5 Å². The minimum Gasteiger partial charge on any atom is -0.492 e. The number of hydrogen-bond acceptors (Lipinski definition) is 7. The van der Waals surface area contributed by atoms with Crippen molar-refractivity contribution in [2.45, 2.75) is 62.6 Å². The average Bonchev–Trinajstić information content (AvgIpc) is 3.62. The van der Waals surface area contributed by atoms with Gasteiger partial charge in [-0.2, -0.15) is 5.26 Å². The van der Waals surface area contributed by atoms with Crippen LogP contribution in [0.1, 0.15) is 60.0 Å². The van der Waals surface area contributed by atoms with Gasteiger partial charge < -0.3 is 14.5 Å². The monoisotopic (exact) mass is 587 g/mol. The molecule has 10 nitrogen and oxygen atoms in total. The summed E-state index contributed by atoms with van der Waals surface area (Å²) in [4.78, 5) is 56.0. The number of piperidine rings is 2. The zero-order valence-corrected chi connectivity index (χ0v) is 23.9. The molecule has 0 aliphatic carbocycles. The van der Waals surface area contributed by atoms with Crippen molar-refractivity contribution in [1.29, 1.82) is 5.26 Å². The molecule has 0 saturated carbocycles. The Balaban J connectivity index is 1.05. The number of hydrogen-bond donors (Lipinski definition) is 1. The molecule has 2 atom stereocenters. The number of carbonyl (C=O) groups excluding carboxylic acids is 4. The number of likely N-dealkylation sites (tertiary alicyclic amines) is 2. The van der Waals surface area contributed by atoms with Crippen LogP contribution in [0.2, 0.25) is 0 Å². The van der Waals surface area contributed by atoms with Crippen LogP contribution < -0.4 is 10.1 Å². The number of imide groups is 1. The van der Waals surface area contributed by atoms with Gasteiger partial charge in [0.2, 0.25) is 17.7 Å². The lowest BCUT2D eigenvalue weighted by Gasteiger charge is -2.39. The lowest BCUT2D eigenvalue weighted by Crippen LogP contribution is -2.52. The molecule has 0 aromatic heterocycles. The fourth-order valence-electron chi connectivity index (χ4n) is 6.95. The van der Waals surface area contributed by atoms with Gasteiger partial charge in [-0.1, -0.05) is 24.3 Å². The Hall–Kier alpha value is -4.30. The fourth-order valence-corrected chi connectivity index (χ4v) is 6.95. The van der Waals surface area contributed by atoms with Crippen molar-refractivity contribution in [2.75, 3.05) is 32.8 Å². The molecule has 0 radical (unpaired) electrons. The Morgan fingerprint density at radius 2 is 1.86 bits per heavy atom. The summed E-state index contributed by atoms with van der Waals surface area (Å²) in [5.41, 5.74) is 0.676. The molecule has 0 bridgehead atoms. The Kier molecular flexibility index (Phi) is 7.88. The van der Waals surface area contributed by atoms with E-state index in [9.17, 15) is 28.8 Å². The summed E-state index contributed by atoms with van der Waals surface area (Å²) in [5, 5.41) is 12.3. The molecule has 1 unspecified atom stereocenters. The van der Waals surface area contributed by atoms with Gasteiger partial charge in [-0.15, -0.1) is 0 Å². The minimum atomic E-state index is -0.934. The van der Waals surface area contributed by atoms with Gasteiger partial charge in [-0.25, -0.2) is 4.39 Å². The fraction of sp³-hybridized carbons (Fsp3) is 0.469. The van der Waals surface area contributed by atoms with Crippen LogP contribution in [0.5, 0.6) is 5.75 Å². The molecular weight excluding hydrogens is 553 g/mol. The van der Waals surface area contributed by atoms with E-state index in [4.69, 9.17) is 4.74 Å². The number of nitrogens with zero attached hydrogens (tertiary/aromatic N) is 4. The summed E-state index contributed by atoms with van der Waals surface area (Å²) in [6.45, 7) is 2.63. The number of halogens is 1. The standard InChI is InChI=1S/C32H34FN5O5/c33-24-7-2-1-6-23(24)32(20-34)12-15-37(16-13-32)31(42)26-8-4-14-36(26)17-18-43-27-9-3-5-21-22(27)19-38(30(21)41)25-10-11-28(39)35-29(25)40/h1-3,5-7,9,25-26H,4,8,10-19H2,(H,35,39,40)/t25?,26-/m0/s1. The Morgan fingerprint density at radius 3 is 2.60 bits per heavy atom. The van der Waals surface area contributed by atoms with Gasteiger partial charge in [0, 0.05) is 42.7 Å². The normalized spacial score (nSPS) is 23.6. The second-order valence-corrected chi connectivity index (χ2v) is 11.7. The molecule has 4 amide bonds. The van der Waals surface area contributed by atoms with Gasteiger partial charge in [0.15, 0.2) is 0 Å². The quantitative estimate of drug-likeness (QED) is 0.494. The van der Waals surface area contributed by atoms with Gasteiger partial charge in [-0.3, -0.25) is 29.4 Å². The van der Waals surface area contributed by atoms with Gasteiger partial charge in [0.1, 0.15) is 24.2 Å². The molecule has 43 heavy (non-hydrogen) atoms. The van der Waals surface area contributed by atoms with E-state index in [1.165, 1.54) is 11.0 Å². The molecule has 6 rings (SSSR count). The maximum Gasteiger partial charge on any atom is 0.255 e. The van der Waals surface area contributed by atoms with Crippen molar-refractivity contribution in [3.63, 3.8) is 0 Å². The average molecular weight is 588 g/mol. The SMILES string of the molecule is N#CC1(c2ccccc2F)CCN(C(=O)[C@@H]2CCCN2CCOc2cccc3c2CN(C2CCC(=O)NC2=O)C3=O)CC1. The number of nitriles is 1. The van der Waals surface area contributed by atoms with Crippen molar-refractivity contribution in [1.82, 2.24) is 20.0 Å². The lowest BCUT2D eigenvalue weighted by molar-refractivity contribution is -0.138. The molecule has 11 heteroatoms. The van der Waals surface area contributed by atoms with E-state index in [-0.39, 0.29) is 42.5 Å². The van der Waals surface area contributed by atoms with E-state index in [1.54, 1.807) is 41.3 Å². The molecule has 1 N–H and O–H groups in total. The molecule has 2 aromatic carbocycles. The number of benzene rings is 2. The van der Waals surface area contributed by atoms with Gasteiger partial charge in [-0.05, 0) is 56.8 Å². The summed E-state index contributed by atoms with van der Waals surface area (Å²) < 4.78 is 20.7. The summed E-state index contributed by atoms with van der Waals surface area (Å²) in [5.74, 6) is -0.821. The first kappa shape index (κ1) is 28.8. The van der Waals surface area contributed by atoms with Crippen molar-refractivity contribution in [3.05, 3.63) is 65.0 Å². The van der Waals surface area contributed by atoms with E-state index in [0.29, 0.717) is 62.4 Å². The molecular formula is C32H34FN5O5. The van der Waals surface area contributed by atoms with E-state index in [2.05, 4.69) is 16.3 Å². The first-order valence-electron chi connectivity index (χ1n) is 14.9. The highest BCUT2D eigenvalue weighted by Crippen LogP contribution is 2.37. The van der Waals surface area contributed by atoms with Crippen LogP contribution in [0, 0.1) is 17.1 Å². The number of ether oxygens (including phenoxy) is 1. The van der Waals surface area contributed by atoms with Crippen LogP contribution in [-0.2, 0) is 26.3 Å². The molecule has 4 aliphatic rings. The van der Waals surface area contributed by atoms with Crippen molar-refractivity contribution in [2.24, 2.45) is 0 Å². The highest BCUT2D eigenvalue weighted by molar-refractivity contribution is 6.05. The maximum absolute atomic E-state index is 14.5.